The maximum atomic E-state index is 9.72. The molecule has 0 unspecified atom stereocenters. The van der Waals surface area contributed by atoms with E-state index in [1.807, 2.05) is 0 Å². The summed E-state index contributed by atoms with van der Waals surface area (Å²) >= 11 is 0. The van der Waals surface area contributed by atoms with E-state index in [2.05, 4.69) is 9.98 Å². The molecule has 0 atom stereocenters. The summed E-state index contributed by atoms with van der Waals surface area (Å²) in [6.45, 7) is 1.87. The molecule has 0 spiro atoms. The van der Waals surface area contributed by atoms with Gasteiger partial charge in [-0.05, 0) is 0 Å². The summed E-state index contributed by atoms with van der Waals surface area (Å²) in [4.78, 5) is 7.99. The lowest BCUT2D eigenvalue weighted by Gasteiger charge is -1.97. The van der Waals surface area contributed by atoms with E-state index in [9.17, 15) is 10.2 Å². The molecule has 3 heterocycles. The van der Waals surface area contributed by atoms with Crippen molar-refractivity contribution < 1.29 is 24.1 Å². The molecule has 0 radical (unpaired) electrons. The van der Waals surface area contributed by atoms with Crippen molar-refractivity contribution in [2.45, 2.75) is 0 Å². The smallest absolute Gasteiger partial charge is 0.257 e. The first-order valence-electron chi connectivity index (χ1n) is 5.17. The first-order chi connectivity index (χ1) is 8.27. The van der Waals surface area contributed by atoms with Gasteiger partial charge < -0.3 is 24.1 Å². The van der Waals surface area contributed by atoms with Gasteiger partial charge in [0.2, 0.25) is 23.0 Å². The van der Waals surface area contributed by atoms with Crippen molar-refractivity contribution in [1.29, 1.82) is 0 Å². The second-order valence-electron chi connectivity index (χ2n) is 3.53. The van der Waals surface area contributed by atoms with Crippen molar-refractivity contribution >= 4 is 11.8 Å². The number of ether oxygens (including phenoxy) is 2. The molecule has 1 aromatic heterocycles. The molecule has 7 heteroatoms. The van der Waals surface area contributed by atoms with Gasteiger partial charge in [-0.1, -0.05) is 0 Å². The number of rotatable bonds is 2. The van der Waals surface area contributed by atoms with Crippen LogP contribution in [0.4, 0.5) is 0 Å². The molecule has 2 aliphatic heterocycles. The van der Waals surface area contributed by atoms with Gasteiger partial charge in [0.05, 0.1) is 13.1 Å². The van der Waals surface area contributed by atoms with Gasteiger partial charge in [-0.25, -0.2) is 9.98 Å². The second kappa shape index (κ2) is 3.69. The molecule has 0 saturated heterocycles. The molecule has 0 aromatic carbocycles. The van der Waals surface area contributed by atoms with Gasteiger partial charge >= 0.3 is 0 Å². The summed E-state index contributed by atoms with van der Waals surface area (Å²) in [5, 5.41) is 19.4. The normalized spacial score (nSPS) is 18.6. The zero-order chi connectivity index (χ0) is 11.8. The number of furan rings is 1. The Labute approximate surface area is 96.0 Å². The maximum absolute atomic E-state index is 9.72. The zero-order valence-electron chi connectivity index (χ0n) is 8.84. The van der Waals surface area contributed by atoms with Gasteiger partial charge in [-0.15, -0.1) is 0 Å². The molecule has 3 rings (SSSR count). The second-order valence-corrected chi connectivity index (χ2v) is 3.53. The molecule has 0 bridgehead atoms. The van der Waals surface area contributed by atoms with Gasteiger partial charge in [-0.2, -0.15) is 0 Å². The van der Waals surface area contributed by atoms with Crippen LogP contribution in [0.5, 0.6) is 11.5 Å². The van der Waals surface area contributed by atoms with E-state index in [4.69, 9.17) is 13.9 Å². The Hall–Kier alpha value is -2.18. The van der Waals surface area contributed by atoms with Gasteiger partial charge in [0.1, 0.15) is 13.2 Å². The van der Waals surface area contributed by atoms with E-state index in [0.717, 1.165) is 0 Å². The molecular formula is C10H10N2O5. The minimum absolute atomic E-state index is 0.00759. The highest BCUT2D eigenvalue weighted by atomic mass is 16.5. The van der Waals surface area contributed by atoms with Crippen LogP contribution in [0.1, 0.15) is 11.5 Å². The number of hydrogen-bond donors (Lipinski definition) is 2. The van der Waals surface area contributed by atoms with Crippen LogP contribution < -0.4 is 0 Å². The minimum Gasteiger partial charge on any atom is -0.501 e. The molecule has 0 saturated carbocycles. The number of aliphatic imine (C=N–C) groups is 2. The predicted octanol–water partition coefficient (Wildman–Crippen LogP) is 0.244. The molecule has 90 valence electrons. The van der Waals surface area contributed by atoms with Crippen LogP contribution in [0.15, 0.2) is 14.4 Å². The highest BCUT2D eigenvalue weighted by molar-refractivity contribution is 6.01. The van der Waals surface area contributed by atoms with Gasteiger partial charge in [0, 0.05) is 0 Å². The third-order valence-electron chi connectivity index (χ3n) is 2.42. The van der Waals surface area contributed by atoms with E-state index in [-0.39, 0.29) is 23.3 Å². The average molecular weight is 238 g/mol. The summed E-state index contributed by atoms with van der Waals surface area (Å²) in [6.07, 6.45) is 0. The van der Waals surface area contributed by atoms with Crippen LogP contribution >= 0.6 is 0 Å². The van der Waals surface area contributed by atoms with E-state index >= 15 is 0 Å². The highest BCUT2D eigenvalue weighted by Gasteiger charge is 2.30. The molecule has 1 aromatic rings. The molecule has 2 N–H and O–H groups in total. The summed E-state index contributed by atoms with van der Waals surface area (Å²) < 4.78 is 15.6. The predicted molar refractivity (Wildman–Crippen MR) is 56.7 cm³/mol. The summed E-state index contributed by atoms with van der Waals surface area (Å²) in [7, 11) is 0. The van der Waals surface area contributed by atoms with Gasteiger partial charge in [-0.3, -0.25) is 0 Å². The number of nitrogens with zero attached hydrogens (tertiary/aromatic N) is 2. The van der Waals surface area contributed by atoms with Crippen LogP contribution in [0.3, 0.4) is 0 Å². The zero-order valence-corrected chi connectivity index (χ0v) is 8.84. The van der Waals surface area contributed by atoms with Crippen molar-refractivity contribution in [3.8, 4) is 11.5 Å². The van der Waals surface area contributed by atoms with Crippen LogP contribution in [0, 0.1) is 0 Å². The fraction of sp³-hybridized carbons (Fsp3) is 0.400. The van der Waals surface area contributed by atoms with Crippen molar-refractivity contribution in [2.75, 3.05) is 26.3 Å². The Morgan fingerprint density at radius 2 is 1.29 bits per heavy atom. The monoisotopic (exact) mass is 238 g/mol. The van der Waals surface area contributed by atoms with Crippen LogP contribution in [0.2, 0.25) is 0 Å². The third kappa shape index (κ3) is 1.50. The molecule has 7 nitrogen and oxygen atoms in total. The fourth-order valence-electron chi connectivity index (χ4n) is 1.65. The Balaban J connectivity index is 2.03. The Morgan fingerprint density at radius 3 is 1.65 bits per heavy atom. The van der Waals surface area contributed by atoms with Crippen LogP contribution in [-0.2, 0) is 9.47 Å². The Kier molecular flexibility index (Phi) is 2.17. The maximum Gasteiger partial charge on any atom is 0.257 e. The van der Waals surface area contributed by atoms with E-state index < -0.39 is 11.5 Å². The lowest BCUT2D eigenvalue weighted by molar-refractivity contribution is 0.326. The van der Waals surface area contributed by atoms with Gasteiger partial charge in [0.25, 0.3) is 11.8 Å². The van der Waals surface area contributed by atoms with Crippen molar-refractivity contribution in [3.05, 3.63) is 11.5 Å². The topological polar surface area (TPSA) is 96.8 Å². The molecule has 0 fully saturated rings. The summed E-state index contributed by atoms with van der Waals surface area (Å²) in [5.74, 6) is -0.426. The first-order valence-corrected chi connectivity index (χ1v) is 5.17. The van der Waals surface area contributed by atoms with E-state index in [0.29, 0.717) is 26.3 Å². The van der Waals surface area contributed by atoms with Crippen molar-refractivity contribution in [2.24, 2.45) is 9.98 Å². The first kappa shape index (κ1) is 10.0. The standard InChI is InChI=1S/C10H10N2O5/c13-5-6(14)8(10-12-2-4-16-10)17-7(5)9-11-1-3-15-9/h13-14H,1-4H2. The van der Waals surface area contributed by atoms with E-state index in [1.165, 1.54) is 0 Å². The highest BCUT2D eigenvalue weighted by Crippen LogP contribution is 2.37. The van der Waals surface area contributed by atoms with Gasteiger partial charge in [0.15, 0.2) is 0 Å². The van der Waals surface area contributed by atoms with E-state index in [1.54, 1.807) is 0 Å². The number of aromatic hydroxyl groups is 2. The summed E-state index contributed by atoms with van der Waals surface area (Å²) in [6, 6.07) is 0. The minimum atomic E-state index is -0.404. The lowest BCUT2D eigenvalue weighted by atomic mass is 10.3. The quantitative estimate of drug-likeness (QED) is 0.769. The van der Waals surface area contributed by atoms with Crippen molar-refractivity contribution in [1.82, 2.24) is 0 Å². The molecular weight excluding hydrogens is 228 g/mol. The molecule has 0 amide bonds. The summed E-state index contributed by atoms with van der Waals surface area (Å²) in [5.41, 5.74) is 0. The molecule has 0 aliphatic carbocycles. The fourth-order valence-corrected chi connectivity index (χ4v) is 1.65. The average Bonchev–Trinajstić information content (AvgIpc) is 3.02. The largest absolute Gasteiger partial charge is 0.501 e. The number of hydrogen-bond acceptors (Lipinski definition) is 7. The molecule has 17 heavy (non-hydrogen) atoms. The van der Waals surface area contributed by atoms with Crippen LogP contribution in [-0.4, -0.2) is 48.3 Å². The Bertz CT molecular complexity index is 473. The Morgan fingerprint density at radius 1 is 0.824 bits per heavy atom. The lowest BCUT2D eigenvalue weighted by Crippen LogP contribution is -2.01. The van der Waals surface area contributed by atoms with Crippen LogP contribution in [0.25, 0.3) is 0 Å². The van der Waals surface area contributed by atoms with Crippen molar-refractivity contribution in [3.63, 3.8) is 0 Å². The third-order valence-corrected chi connectivity index (χ3v) is 2.42. The SMILES string of the molecule is Oc1c(C2=NCCO2)oc(C2=NCCO2)c1O. The molecule has 2 aliphatic rings.